The molecule has 140 valence electrons. The first kappa shape index (κ1) is 18.5. The van der Waals surface area contributed by atoms with Gasteiger partial charge in [-0.05, 0) is 24.1 Å². The van der Waals surface area contributed by atoms with Crippen LogP contribution in [0.15, 0.2) is 18.2 Å². The quantitative estimate of drug-likeness (QED) is 0.819. The molecule has 0 amide bonds. The predicted octanol–water partition coefficient (Wildman–Crippen LogP) is 0.463. The number of benzene rings is 1. The zero-order valence-electron chi connectivity index (χ0n) is 14.6. The van der Waals surface area contributed by atoms with E-state index < -0.39 is 12.2 Å². The summed E-state index contributed by atoms with van der Waals surface area (Å²) in [5.41, 5.74) is 0.949. The first-order valence-corrected chi connectivity index (χ1v) is 8.81. The van der Waals surface area contributed by atoms with Crippen molar-refractivity contribution in [1.82, 2.24) is 9.80 Å². The van der Waals surface area contributed by atoms with E-state index in [1.807, 2.05) is 0 Å². The maximum Gasteiger partial charge on any atom is 0.165 e. The number of hydrogen-bond donors (Lipinski definition) is 2. The Morgan fingerprint density at radius 1 is 1.24 bits per heavy atom. The van der Waals surface area contributed by atoms with E-state index in [4.69, 9.17) is 9.47 Å². The Morgan fingerprint density at radius 3 is 2.72 bits per heavy atom. The number of methoxy groups -OCH3 is 1. The lowest BCUT2D eigenvalue weighted by Crippen LogP contribution is -2.55. The Balaban J connectivity index is 1.72. The van der Waals surface area contributed by atoms with Gasteiger partial charge in [-0.3, -0.25) is 9.80 Å². The van der Waals surface area contributed by atoms with Crippen molar-refractivity contribution in [3.63, 3.8) is 0 Å². The summed E-state index contributed by atoms with van der Waals surface area (Å²) in [4.78, 5) is 4.40. The number of ether oxygens (including phenoxy) is 2. The van der Waals surface area contributed by atoms with Crippen LogP contribution in [0.2, 0.25) is 0 Å². The number of morpholine rings is 1. The smallest absolute Gasteiger partial charge is 0.165 e. The van der Waals surface area contributed by atoms with Crippen LogP contribution in [0.4, 0.5) is 4.39 Å². The first-order chi connectivity index (χ1) is 12.1. The molecule has 0 aromatic heterocycles. The van der Waals surface area contributed by atoms with Crippen LogP contribution in [0.25, 0.3) is 0 Å². The third kappa shape index (κ3) is 4.48. The molecule has 2 N–H and O–H groups in total. The lowest BCUT2D eigenvalue weighted by Gasteiger charge is -2.38. The highest BCUT2D eigenvalue weighted by Crippen LogP contribution is 2.23. The highest BCUT2D eigenvalue weighted by Gasteiger charge is 2.36. The van der Waals surface area contributed by atoms with Crippen LogP contribution in [-0.2, 0) is 11.3 Å². The Kier molecular flexibility index (Phi) is 6.24. The first-order valence-electron chi connectivity index (χ1n) is 8.81. The van der Waals surface area contributed by atoms with Gasteiger partial charge in [0.2, 0.25) is 0 Å². The third-order valence-corrected chi connectivity index (χ3v) is 5.11. The lowest BCUT2D eigenvalue weighted by molar-refractivity contribution is -0.0618. The van der Waals surface area contributed by atoms with E-state index in [0.29, 0.717) is 39.3 Å². The van der Waals surface area contributed by atoms with Crippen molar-refractivity contribution >= 4 is 0 Å². The molecule has 25 heavy (non-hydrogen) atoms. The molecule has 0 radical (unpaired) electrons. The average molecular weight is 354 g/mol. The molecule has 1 aromatic carbocycles. The fraction of sp³-hybridized carbons (Fsp3) is 0.667. The van der Waals surface area contributed by atoms with E-state index in [-0.39, 0.29) is 17.6 Å². The van der Waals surface area contributed by atoms with Gasteiger partial charge in [0.15, 0.2) is 11.6 Å². The molecule has 0 unspecified atom stereocenters. The fourth-order valence-electron chi connectivity index (χ4n) is 3.65. The van der Waals surface area contributed by atoms with Gasteiger partial charge >= 0.3 is 0 Å². The summed E-state index contributed by atoms with van der Waals surface area (Å²) in [7, 11) is 1.45. The highest BCUT2D eigenvalue weighted by molar-refractivity contribution is 5.30. The van der Waals surface area contributed by atoms with E-state index in [9.17, 15) is 14.6 Å². The van der Waals surface area contributed by atoms with E-state index in [1.165, 1.54) is 13.2 Å². The Labute approximate surface area is 147 Å². The molecule has 1 aromatic rings. The molecule has 2 saturated heterocycles. The van der Waals surface area contributed by atoms with Crippen molar-refractivity contribution in [1.29, 1.82) is 0 Å². The van der Waals surface area contributed by atoms with Gasteiger partial charge in [-0.2, -0.15) is 0 Å². The predicted molar refractivity (Wildman–Crippen MR) is 91.0 cm³/mol. The number of aliphatic hydroxyl groups is 2. The molecule has 2 fully saturated rings. The largest absolute Gasteiger partial charge is 0.494 e. The van der Waals surface area contributed by atoms with Crippen molar-refractivity contribution in [3.05, 3.63) is 29.6 Å². The SMILES string of the molecule is COc1cc(CN2CC[C@@H](O)[C@@H](O)[C@H](N3CCOCC3)C2)ccc1F. The van der Waals surface area contributed by atoms with Crippen LogP contribution < -0.4 is 4.74 Å². The van der Waals surface area contributed by atoms with Gasteiger partial charge in [0.25, 0.3) is 0 Å². The standard InChI is InChI=1S/C18H27FN2O4/c1-24-17-10-13(2-3-14(17)19)11-20-5-4-16(22)18(23)15(12-20)21-6-8-25-9-7-21/h2-3,10,15-16,18,22-23H,4-9,11-12H2,1H3/t15-,16-,18+/m1/s1. The summed E-state index contributed by atoms with van der Waals surface area (Å²) >= 11 is 0. The summed E-state index contributed by atoms with van der Waals surface area (Å²) in [6.07, 6.45) is -0.994. The maximum absolute atomic E-state index is 13.6. The minimum atomic E-state index is -0.772. The van der Waals surface area contributed by atoms with Crippen LogP contribution in [0.5, 0.6) is 5.75 Å². The molecule has 6 nitrogen and oxygen atoms in total. The number of aliphatic hydroxyl groups excluding tert-OH is 2. The number of rotatable bonds is 4. The second-order valence-electron chi connectivity index (χ2n) is 6.77. The van der Waals surface area contributed by atoms with Gasteiger partial charge in [0, 0.05) is 32.7 Å². The minimum absolute atomic E-state index is 0.135. The van der Waals surface area contributed by atoms with Crippen LogP contribution in [0.3, 0.4) is 0 Å². The van der Waals surface area contributed by atoms with Crippen LogP contribution in [0, 0.1) is 5.82 Å². The number of nitrogens with zero attached hydrogens (tertiary/aromatic N) is 2. The fourth-order valence-corrected chi connectivity index (χ4v) is 3.65. The van der Waals surface area contributed by atoms with Crippen molar-refractivity contribution in [2.24, 2.45) is 0 Å². The summed E-state index contributed by atoms with van der Waals surface area (Å²) in [5.74, 6) is -0.142. The zero-order valence-corrected chi connectivity index (χ0v) is 14.6. The molecular formula is C18H27FN2O4. The van der Waals surface area contributed by atoms with Crippen molar-refractivity contribution in [3.8, 4) is 5.75 Å². The molecule has 2 aliphatic heterocycles. The second kappa shape index (κ2) is 8.42. The molecule has 2 heterocycles. The van der Waals surface area contributed by atoms with E-state index >= 15 is 0 Å². The Hall–Kier alpha value is -1.25. The zero-order chi connectivity index (χ0) is 17.8. The lowest BCUT2D eigenvalue weighted by atomic mass is 10.0. The van der Waals surface area contributed by atoms with Crippen molar-refractivity contribution in [2.75, 3.05) is 46.5 Å². The summed E-state index contributed by atoms with van der Waals surface area (Å²) in [6.45, 7) is 4.76. The van der Waals surface area contributed by atoms with E-state index in [0.717, 1.165) is 18.7 Å². The third-order valence-electron chi connectivity index (χ3n) is 5.11. The molecule has 7 heteroatoms. The van der Waals surface area contributed by atoms with Gasteiger partial charge in [0.1, 0.15) is 0 Å². The topological polar surface area (TPSA) is 65.4 Å². The molecule has 2 aliphatic rings. The summed E-state index contributed by atoms with van der Waals surface area (Å²) in [5, 5.41) is 20.8. The molecular weight excluding hydrogens is 327 g/mol. The average Bonchev–Trinajstić information content (AvgIpc) is 2.77. The Bertz CT molecular complexity index is 568. The highest BCUT2D eigenvalue weighted by atomic mass is 19.1. The molecule has 0 bridgehead atoms. The maximum atomic E-state index is 13.6. The van der Waals surface area contributed by atoms with Crippen LogP contribution in [0.1, 0.15) is 12.0 Å². The van der Waals surface area contributed by atoms with Gasteiger partial charge in [-0.25, -0.2) is 4.39 Å². The van der Waals surface area contributed by atoms with Crippen LogP contribution >= 0.6 is 0 Å². The van der Waals surface area contributed by atoms with Crippen molar-refractivity contribution < 1.29 is 24.1 Å². The molecule has 3 rings (SSSR count). The van der Waals surface area contributed by atoms with Gasteiger partial charge in [0.05, 0.1) is 38.6 Å². The Morgan fingerprint density at radius 2 is 2.00 bits per heavy atom. The second-order valence-corrected chi connectivity index (χ2v) is 6.77. The molecule has 3 atom stereocenters. The molecule has 0 saturated carbocycles. The monoisotopic (exact) mass is 354 g/mol. The normalized spacial score (nSPS) is 29.4. The van der Waals surface area contributed by atoms with E-state index in [1.54, 1.807) is 12.1 Å². The summed E-state index contributed by atoms with van der Waals surface area (Å²) in [6, 6.07) is 4.73. The number of likely N-dealkylation sites (tertiary alicyclic amines) is 1. The van der Waals surface area contributed by atoms with Gasteiger partial charge in [-0.15, -0.1) is 0 Å². The molecule has 0 spiro atoms. The number of hydrogen-bond acceptors (Lipinski definition) is 6. The number of halogens is 1. The van der Waals surface area contributed by atoms with E-state index in [2.05, 4.69) is 9.80 Å². The van der Waals surface area contributed by atoms with Gasteiger partial charge < -0.3 is 19.7 Å². The van der Waals surface area contributed by atoms with Crippen LogP contribution in [-0.4, -0.2) is 84.8 Å². The summed E-state index contributed by atoms with van der Waals surface area (Å²) < 4.78 is 24.0. The van der Waals surface area contributed by atoms with Gasteiger partial charge in [-0.1, -0.05) is 6.07 Å². The van der Waals surface area contributed by atoms with Crippen molar-refractivity contribution in [2.45, 2.75) is 31.2 Å². The minimum Gasteiger partial charge on any atom is -0.494 e. The molecule has 0 aliphatic carbocycles.